The third-order valence-corrected chi connectivity index (χ3v) is 5.35. The van der Waals surface area contributed by atoms with Gasteiger partial charge in [-0.25, -0.2) is 0 Å². The molecule has 1 atom stereocenters. The maximum absolute atomic E-state index is 12.4. The fourth-order valence-corrected chi connectivity index (χ4v) is 3.80. The van der Waals surface area contributed by atoms with Gasteiger partial charge in [-0.2, -0.15) is 0 Å². The van der Waals surface area contributed by atoms with E-state index in [1.807, 2.05) is 4.57 Å². The highest BCUT2D eigenvalue weighted by Crippen LogP contribution is 2.15. The van der Waals surface area contributed by atoms with E-state index in [2.05, 4.69) is 10.2 Å². The normalized spacial score (nSPS) is 21.0. The molecule has 0 bridgehead atoms. The number of methoxy groups -OCH3 is 1. The summed E-state index contributed by atoms with van der Waals surface area (Å²) in [5, 5.41) is 2.95. The molecule has 2 aliphatic heterocycles. The Hall–Kier alpha value is -1.86. The topological polar surface area (TPSA) is 72.8 Å². The van der Waals surface area contributed by atoms with Crippen LogP contribution in [0.5, 0.6) is 5.75 Å². The number of carbonyl (C=O) groups is 1. The third-order valence-electron chi connectivity index (χ3n) is 5.35. The first kappa shape index (κ1) is 19.9. The van der Waals surface area contributed by atoms with Gasteiger partial charge in [-0.15, -0.1) is 0 Å². The van der Waals surface area contributed by atoms with Crippen molar-refractivity contribution in [1.29, 1.82) is 0 Å². The first-order chi connectivity index (χ1) is 13.2. The van der Waals surface area contributed by atoms with Crippen LogP contribution in [0, 0.1) is 0 Å². The van der Waals surface area contributed by atoms with Crippen molar-refractivity contribution < 1.29 is 14.3 Å². The fourth-order valence-electron chi connectivity index (χ4n) is 3.80. The summed E-state index contributed by atoms with van der Waals surface area (Å²) in [6.07, 6.45) is 8.71. The highest BCUT2D eigenvalue weighted by Gasteiger charge is 2.18. The van der Waals surface area contributed by atoms with Crippen molar-refractivity contribution >= 4 is 5.91 Å². The molecule has 0 aliphatic carbocycles. The molecule has 2 saturated heterocycles. The molecule has 27 heavy (non-hydrogen) atoms. The number of pyridine rings is 1. The number of rotatable bonds is 7. The Balaban J connectivity index is 1.68. The minimum absolute atomic E-state index is 0.0756. The lowest BCUT2D eigenvalue weighted by molar-refractivity contribution is -0.122. The van der Waals surface area contributed by atoms with E-state index in [9.17, 15) is 9.59 Å². The second-order valence-corrected chi connectivity index (χ2v) is 7.45. The average molecular weight is 377 g/mol. The lowest BCUT2D eigenvalue weighted by Crippen LogP contribution is -2.35. The number of nitrogens with zero attached hydrogens (tertiary/aromatic N) is 2. The highest BCUT2D eigenvalue weighted by atomic mass is 16.5. The second-order valence-electron chi connectivity index (χ2n) is 7.45. The zero-order valence-electron chi connectivity index (χ0n) is 16.2. The Morgan fingerprint density at radius 2 is 2.04 bits per heavy atom. The summed E-state index contributed by atoms with van der Waals surface area (Å²) in [7, 11) is 1.48. The van der Waals surface area contributed by atoms with Gasteiger partial charge in [0.15, 0.2) is 5.75 Å². The van der Waals surface area contributed by atoms with Gasteiger partial charge in [0.2, 0.25) is 11.3 Å². The maximum atomic E-state index is 12.4. The molecule has 0 aromatic carbocycles. The standard InChI is InChI=1S/C20H31N3O4/c1-26-19-14-23(15-20(25)21-12-17-7-6-10-27-17)16(11-18(19)24)13-22-8-4-2-3-5-9-22/h11,14,17H,2-10,12-13,15H2,1H3,(H,21,25). The predicted molar refractivity (Wildman–Crippen MR) is 103 cm³/mol. The maximum Gasteiger partial charge on any atom is 0.240 e. The largest absolute Gasteiger partial charge is 0.491 e. The molecule has 7 nitrogen and oxygen atoms in total. The highest BCUT2D eigenvalue weighted by molar-refractivity contribution is 5.75. The van der Waals surface area contributed by atoms with Gasteiger partial charge in [0.25, 0.3) is 0 Å². The van der Waals surface area contributed by atoms with E-state index >= 15 is 0 Å². The Morgan fingerprint density at radius 1 is 1.26 bits per heavy atom. The summed E-state index contributed by atoms with van der Waals surface area (Å²) in [4.78, 5) is 27.0. The summed E-state index contributed by atoms with van der Waals surface area (Å²) in [6.45, 7) is 4.23. The van der Waals surface area contributed by atoms with Crippen molar-refractivity contribution in [3.8, 4) is 5.75 Å². The molecule has 1 N–H and O–H groups in total. The minimum atomic E-state index is -0.140. The molecule has 1 aromatic rings. The van der Waals surface area contributed by atoms with Crippen LogP contribution >= 0.6 is 0 Å². The van der Waals surface area contributed by atoms with E-state index in [4.69, 9.17) is 9.47 Å². The first-order valence-corrected chi connectivity index (χ1v) is 10.0. The number of carbonyl (C=O) groups excluding carboxylic acids is 1. The Bertz CT molecular complexity index is 674. The van der Waals surface area contributed by atoms with Gasteiger partial charge in [0, 0.05) is 31.5 Å². The van der Waals surface area contributed by atoms with Gasteiger partial charge in [0.05, 0.1) is 19.4 Å². The van der Waals surface area contributed by atoms with Crippen LogP contribution in [-0.2, 0) is 22.6 Å². The van der Waals surface area contributed by atoms with Crippen molar-refractivity contribution in [3.63, 3.8) is 0 Å². The number of likely N-dealkylation sites (tertiary alicyclic amines) is 1. The Labute approximate surface area is 160 Å². The van der Waals surface area contributed by atoms with E-state index < -0.39 is 0 Å². The number of ether oxygens (including phenoxy) is 2. The monoisotopic (exact) mass is 377 g/mol. The summed E-state index contributed by atoms with van der Waals surface area (Å²) >= 11 is 0. The summed E-state index contributed by atoms with van der Waals surface area (Å²) in [5.74, 6) is 0.190. The van der Waals surface area contributed by atoms with Gasteiger partial charge >= 0.3 is 0 Å². The zero-order valence-corrected chi connectivity index (χ0v) is 16.2. The molecule has 0 saturated carbocycles. The molecular weight excluding hydrogens is 346 g/mol. The van der Waals surface area contributed by atoms with E-state index in [0.717, 1.165) is 38.2 Å². The molecule has 0 spiro atoms. The van der Waals surface area contributed by atoms with Gasteiger partial charge in [0.1, 0.15) is 6.54 Å². The van der Waals surface area contributed by atoms with Gasteiger partial charge < -0.3 is 19.4 Å². The predicted octanol–water partition coefficient (Wildman–Crippen LogP) is 1.53. The van der Waals surface area contributed by atoms with Crippen molar-refractivity contribution in [3.05, 3.63) is 28.2 Å². The third kappa shape index (κ3) is 5.81. The van der Waals surface area contributed by atoms with Gasteiger partial charge in [-0.3, -0.25) is 14.5 Å². The quantitative estimate of drug-likeness (QED) is 0.780. The molecule has 0 radical (unpaired) electrons. The minimum Gasteiger partial charge on any atom is -0.491 e. The molecule has 3 heterocycles. The summed E-state index contributed by atoms with van der Waals surface area (Å²) < 4.78 is 12.6. The average Bonchev–Trinajstić information content (AvgIpc) is 3.05. The number of amides is 1. The summed E-state index contributed by atoms with van der Waals surface area (Å²) in [5.41, 5.74) is 0.716. The molecule has 2 fully saturated rings. The zero-order chi connectivity index (χ0) is 19.1. The van der Waals surface area contributed by atoms with Crippen LogP contribution in [-0.4, -0.2) is 54.8 Å². The van der Waals surface area contributed by atoms with Gasteiger partial charge in [-0.05, 0) is 38.8 Å². The molecular formula is C20H31N3O4. The number of hydrogen-bond acceptors (Lipinski definition) is 5. The molecule has 1 aromatic heterocycles. The first-order valence-electron chi connectivity index (χ1n) is 10.0. The van der Waals surface area contributed by atoms with Crippen molar-refractivity contribution in [2.24, 2.45) is 0 Å². The SMILES string of the molecule is COc1cn(CC(=O)NCC2CCCO2)c(CN2CCCCCC2)cc1=O. The summed E-state index contributed by atoms with van der Waals surface area (Å²) in [6, 6.07) is 1.61. The van der Waals surface area contributed by atoms with Crippen molar-refractivity contribution in [1.82, 2.24) is 14.8 Å². The smallest absolute Gasteiger partial charge is 0.240 e. The van der Waals surface area contributed by atoms with Crippen molar-refractivity contribution in [2.45, 2.75) is 57.7 Å². The molecule has 2 aliphatic rings. The van der Waals surface area contributed by atoms with E-state index in [1.165, 1.54) is 32.8 Å². The van der Waals surface area contributed by atoms with Crippen molar-refractivity contribution in [2.75, 3.05) is 33.4 Å². The number of aromatic nitrogens is 1. The van der Waals surface area contributed by atoms with Crippen LogP contribution in [0.3, 0.4) is 0 Å². The van der Waals surface area contributed by atoms with Gasteiger partial charge in [-0.1, -0.05) is 12.8 Å². The molecule has 1 amide bonds. The number of hydrogen-bond donors (Lipinski definition) is 1. The van der Waals surface area contributed by atoms with Crippen LogP contribution < -0.4 is 15.5 Å². The molecule has 1 unspecified atom stereocenters. The Morgan fingerprint density at radius 3 is 2.70 bits per heavy atom. The van der Waals surface area contributed by atoms with E-state index in [-0.39, 0.29) is 29.7 Å². The van der Waals surface area contributed by atoms with Crippen LogP contribution in [0.15, 0.2) is 17.1 Å². The van der Waals surface area contributed by atoms with Crippen LogP contribution in [0.1, 0.15) is 44.2 Å². The molecule has 150 valence electrons. The molecule has 7 heteroatoms. The van der Waals surface area contributed by atoms with E-state index in [1.54, 1.807) is 12.3 Å². The van der Waals surface area contributed by atoms with Crippen LogP contribution in [0.25, 0.3) is 0 Å². The second kappa shape index (κ2) is 9.90. The Kier molecular flexibility index (Phi) is 7.29. The fraction of sp³-hybridized carbons (Fsp3) is 0.700. The van der Waals surface area contributed by atoms with Crippen LogP contribution in [0.2, 0.25) is 0 Å². The number of nitrogens with one attached hydrogen (secondary N) is 1. The lowest BCUT2D eigenvalue weighted by Gasteiger charge is -2.23. The lowest BCUT2D eigenvalue weighted by atomic mass is 10.2. The molecule has 3 rings (SSSR count). The van der Waals surface area contributed by atoms with Crippen LogP contribution in [0.4, 0.5) is 0 Å². The van der Waals surface area contributed by atoms with E-state index in [0.29, 0.717) is 13.1 Å².